The Balaban J connectivity index is 1.48. The third-order valence-corrected chi connectivity index (χ3v) is 5.34. The van der Waals surface area contributed by atoms with Crippen molar-refractivity contribution < 1.29 is 4.92 Å². The summed E-state index contributed by atoms with van der Waals surface area (Å²) in [6.07, 6.45) is 0. The van der Waals surface area contributed by atoms with Crippen LogP contribution in [-0.4, -0.2) is 36.1 Å². The van der Waals surface area contributed by atoms with Crippen LogP contribution in [0, 0.1) is 10.1 Å². The molecule has 3 aromatic rings. The number of para-hydroxylation sites is 1. The molecule has 0 aliphatic carbocycles. The Labute approximate surface area is 143 Å². The minimum Gasteiger partial charge on any atom is -0.368 e. The molecule has 24 heavy (non-hydrogen) atoms. The van der Waals surface area contributed by atoms with Crippen molar-refractivity contribution >= 4 is 38.1 Å². The molecular formula is C17H16N4O2S. The quantitative estimate of drug-likeness (QED) is 0.539. The number of nitro groups is 1. The van der Waals surface area contributed by atoms with Crippen molar-refractivity contribution in [3.8, 4) is 0 Å². The van der Waals surface area contributed by atoms with Crippen LogP contribution >= 0.6 is 11.3 Å². The van der Waals surface area contributed by atoms with E-state index < -0.39 is 0 Å². The first-order valence-electron chi connectivity index (χ1n) is 7.81. The number of non-ortho nitro benzene ring substituents is 1. The molecule has 2 heterocycles. The minimum absolute atomic E-state index is 0.140. The highest BCUT2D eigenvalue weighted by Gasteiger charge is 2.21. The van der Waals surface area contributed by atoms with Gasteiger partial charge in [-0.1, -0.05) is 29.5 Å². The number of piperazine rings is 1. The van der Waals surface area contributed by atoms with Gasteiger partial charge in [-0.15, -0.1) is 0 Å². The highest BCUT2D eigenvalue weighted by Crippen LogP contribution is 2.30. The average molecular weight is 340 g/mol. The second-order valence-electron chi connectivity index (χ2n) is 5.72. The molecule has 4 rings (SSSR count). The summed E-state index contributed by atoms with van der Waals surface area (Å²) >= 11 is 1.71. The molecule has 0 radical (unpaired) electrons. The molecule has 0 amide bonds. The predicted molar refractivity (Wildman–Crippen MR) is 97.1 cm³/mol. The van der Waals surface area contributed by atoms with Gasteiger partial charge < -0.3 is 9.80 Å². The molecule has 1 saturated heterocycles. The molecule has 2 aromatic carbocycles. The monoisotopic (exact) mass is 340 g/mol. The van der Waals surface area contributed by atoms with Gasteiger partial charge in [-0.2, -0.15) is 0 Å². The number of aromatic nitrogens is 1. The van der Waals surface area contributed by atoms with Crippen LogP contribution < -0.4 is 9.80 Å². The van der Waals surface area contributed by atoms with Crippen LogP contribution in [0.2, 0.25) is 0 Å². The van der Waals surface area contributed by atoms with Crippen molar-refractivity contribution in [2.75, 3.05) is 36.0 Å². The Morgan fingerprint density at radius 3 is 2.50 bits per heavy atom. The fraction of sp³-hybridized carbons (Fsp3) is 0.235. The van der Waals surface area contributed by atoms with E-state index >= 15 is 0 Å². The van der Waals surface area contributed by atoms with Gasteiger partial charge in [0.05, 0.1) is 15.1 Å². The van der Waals surface area contributed by atoms with Crippen LogP contribution in [0.3, 0.4) is 0 Å². The van der Waals surface area contributed by atoms with E-state index in [1.807, 2.05) is 24.3 Å². The molecule has 7 heteroatoms. The van der Waals surface area contributed by atoms with Crippen molar-refractivity contribution in [3.05, 3.63) is 58.6 Å². The largest absolute Gasteiger partial charge is 0.368 e. The fourth-order valence-electron chi connectivity index (χ4n) is 2.95. The summed E-state index contributed by atoms with van der Waals surface area (Å²) in [5.41, 5.74) is 2.09. The Morgan fingerprint density at radius 1 is 1.00 bits per heavy atom. The summed E-state index contributed by atoms with van der Waals surface area (Å²) in [6.45, 7) is 3.39. The maximum Gasteiger partial charge on any atom is 0.271 e. The van der Waals surface area contributed by atoms with E-state index in [1.54, 1.807) is 23.5 Å². The first-order chi connectivity index (χ1) is 11.7. The first-order valence-corrected chi connectivity index (χ1v) is 8.62. The summed E-state index contributed by atoms with van der Waals surface area (Å²) in [5, 5.41) is 12.0. The number of thiazole rings is 1. The third kappa shape index (κ3) is 2.78. The molecule has 1 fully saturated rings. The highest BCUT2D eigenvalue weighted by molar-refractivity contribution is 7.22. The second-order valence-corrected chi connectivity index (χ2v) is 6.72. The van der Waals surface area contributed by atoms with Crippen LogP contribution in [0.5, 0.6) is 0 Å². The summed E-state index contributed by atoms with van der Waals surface area (Å²) < 4.78 is 1.20. The SMILES string of the molecule is O=[N+]([O-])c1cccc(N2CCN(c3nc4ccccc4s3)CC2)c1. The number of benzene rings is 2. The van der Waals surface area contributed by atoms with E-state index in [9.17, 15) is 10.1 Å². The summed E-state index contributed by atoms with van der Waals surface area (Å²) in [7, 11) is 0. The number of hydrogen-bond acceptors (Lipinski definition) is 6. The Hall–Kier alpha value is -2.67. The van der Waals surface area contributed by atoms with Crippen LogP contribution in [0.15, 0.2) is 48.5 Å². The van der Waals surface area contributed by atoms with Gasteiger partial charge in [-0.3, -0.25) is 10.1 Å². The summed E-state index contributed by atoms with van der Waals surface area (Å²) in [5.74, 6) is 0. The van der Waals surface area contributed by atoms with Gasteiger partial charge >= 0.3 is 0 Å². The van der Waals surface area contributed by atoms with Gasteiger partial charge in [-0.25, -0.2) is 4.98 Å². The summed E-state index contributed by atoms with van der Waals surface area (Å²) in [6, 6.07) is 15.0. The summed E-state index contributed by atoms with van der Waals surface area (Å²) in [4.78, 5) is 19.8. The lowest BCUT2D eigenvalue weighted by Gasteiger charge is -2.35. The maximum atomic E-state index is 10.9. The Bertz CT molecular complexity index is 854. The van der Waals surface area contributed by atoms with Crippen molar-refractivity contribution in [2.24, 2.45) is 0 Å². The number of hydrogen-bond donors (Lipinski definition) is 0. The van der Waals surface area contributed by atoms with E-state index in [1.165, 1.54) is 10.8 Å². The van der Waals surface area contributed by atoms with Crippen LogP contribution in [0.4, 0.5) is 16.5 Å². The molecule has 1 aliphatic rings. The van der Waals surface area contributed by atoms with Gasteiger partial charge in [0.2, 0.25) is 0 Å². The van der Waals surface area contributed by atoms with E-state index in [0.29, 0.717) is 0 Å². The highest BCUT2D eigenvalue weighted by atomic mass is 32.1. The average Bonchev–Trinajstić information content (AvgIpc) is 3.06. The van der Waals surface area contributed by atoms with Crippen LogP contribution in [0.25, 0.3) is 10.2 Å². The van der Waals surface area contributed by atoms with Crippen molar-refractivity contribution in [1.29, 1.82) is 0 Å². The number of nitro benzene ring substituents is 1. The topological polar surface area (TPSA) is 62.5 Å². The van der Waals surface area contributed by atoms with Gasteiger partial charge in [-0.05, 0) is 18.2 Å². The molecule has 0 unspecified atom stereocenters. The van der Waals surface area contributed by atoms with Crippen LogP contribution in [0.1, 0.15) is 0 Å². The van der Waals surface area contributed by atoms with Crippen molar-refractivity contribution in [1.82, 2.24) is 4.98 Å². The normalized spacial score (nSPS) is 15.0. The van der Waals surface area contributed by atoms with Crippen LogP contribution in [-0.2, 0) is 0 Å². The predicted octanol–water partition coefficient (Wildman–Crippen LogP) is 3.53. The molecule has 0 atom stereocenters. The van der Waals surface area contributed by atoms with Gasteiger partial charge in [0.15, 0.2) is 5.13 Å². The molecule has 0 bridgehead atoms. The molecular weight excluding hydrogens is 324 g/mol. The molecule has 0 spiro atoms. The number of rotatable bonds is 3. The molecule has 122 valence electrons. The fourth-order valence-corrected chi connectivity index (χ4v) is 3.97. The number of anilines is 2. The lowest BCUT2D eigenvalue weighted by atomic mass is 10.2. The lowest BCUT2D eigenvalue weighted by molar-refractivity contribution is -0.384. The van der Waals surface area contributed by atoms with Gasteiger partial charge in [0.1, 0.15) is 0 Å². The first kappa shape index (κ1) is 14.9. The molecule has 0 N–H and O–H groups in total. The molecule has 1 aromatic heterocycles. The zero-order valence-corrected chi connectivity index (χ0v) is 13.8. The standard InChI is InChI=1S/C17H16N4O2S/c22-21(23)14-5-3-4-13(12-14)19-8-10-20(11-9-19)17-18-15-6-1-2-7-16(15)24-17/h1-7,12H,8-11H2. The van der Waals surface area contributed by atoms with Crippen molar-refractivity contribution in [2.45, 2.75) is 0 Å². The Morgan fingerprint density at radius 2 is 1.75 bits per heavy atom. The van der Waals surface area contributed by atoms with Gasteiger partial charge in [0.25, 0.3) is 5.69 Å². The molecule has 6 nitrogen and oxygen atoms in total. The minimum atomic E-state index is -0.346. The lowest BCUT2D eigenvalue weighted by Crippen LogP contribution is -2.46. The maximum absolute atomic E-state index is 10.9. The second kappa shape index (κ2) is 6.09. The number of fused-ring (bicyclic) bond motifs is 1. The van der Waals surface area contributed by atoms with E-state index in [2.05, 4.69) is 15.9 Å². The molecule has 0 saturated carbocycles. The smallest absolute Gasteiger partial charge is 0.271 e. The van der Waals surface area contributed by atoms with E-state index in [-0.39, 0.29) is 10.6 Å². The zero-order chi connectivity index (χ0) is 16.5. The van der Waals surface area contributed by atoms with E-state index in [4.69, 9.17) is 4.98 Å². The third-order valence-electron chi connectivity index (χ3n) is 4.24. The molecule has 1 aliphatic heterocycles. The Kier molecular flexibility index (Phi) is 3.78. The van der Waals surface area contributed by atoms with E-state index in [0.717, 1.165) is 42.5 Å². The number of nitrogens with zero attached hydrogens (tertiary/aromatic N) is 4. The zero-order valence-electron chi connectivity index (χ0n) is 13.0. The van der Waals surface area contributed by atoms with Gasteiger partial charge in [0, 0.05) is 44.0 Å². The van der Waals surface area contributed by atoms with Crippen molar-refractivity contribution in [3.63, 3.8) is 0 Å².